The molecule has 0 saturated carbocycles. The molecule has 5 nitrogen and oxygen atoms in total. The molecule has 0 aliphatic rings. The van der Waals surface area contributed by atoms with Crippen LogP contribution in [-0.4, -0.2) is 30.0 Å². The molecule has 0 radical (unpaired) electrons. The summed E-state index contributed by atoms with van der Waals surface area (Å²) in [6, 6.07) is 4.14. The average molecular weight is 238 g/mol. The molecule has 0 aliphatic heterocycles. The van der Waals surface area contributed by atoms with Crippen molar-refractivity contribution in [3.63, 3.8) is 0 Å². The van der Waals surface area contributed by atoms with E-state index in [1.807, 2.05) is 0 Å². The topological polar surface area (TPSA) is 91.2 Å². The second kappa shape index (κ2) is 5.45. The highest BCUT2D eigenvalue weighted by molar-refractivity contribution is 5.96. The van der Waals surface area contributed by atoms with Crippen molar-refractivity contribution in [2.75, 3.05) is 7.11 Å². The molecule has 0 heterocycles. The molecular weight excluding hydrogens is 222 g/mol. The first kappa shape index (κ1) is 13.2. The summed E-state index contributed by atoms with van der Waals surface area (Å²) in [6.07, 6.45) is 0.368. The lowest BCUT2D eigenvalue weighted by molar-refractivity contribution is -0.407. The largest absolute Gasteiger partial charge is 0.507 e. The summed E-state index contributed by atoms with van der Waals surface area (Å²) < 4.78 is 4.57. The molecule has 0 aliphatic carbocycles. The molecular formula is C12H16NO4+. The van der Waals surface area contributed by atoms with Crippen LogP contribution in [0.3, 0.4) is 0 Å². The van der Waals surface area contributed by atoms with Crippen molar-refractivity contribution >= 4 is 11.8 Å². The molecule has 0 fully saturated rings. The highest BCUT2D eigenvalue weighted by Crippen LogP contribution is 2.19. The number of quaternary nitrogens is 1. The van der Waals surface area contributed by atoms with Crippen molar-refractivity contribution in [3.8, 4) is 5.75 Å². The smallest absolute Gasteiger partial charge is 0.364 e. The van der Waals surface area contributed by atoms with Gasteiger partial charge < -0.3 is 15.6 Å². The van der Waals surface area contributed by atoms with E-state index in [9.17, 15) is 14.7 Å². The number of rotatable bonds is 4. The lowest BCUT2D eigenvalue weighted by Crippen LogP contribution is -2.66. The molecule has 1 aromatic rings. The normalized spacial score (nSPS) is 11.9. The fourth-order valence-corrected chi connectivity index (χ4v) is 1.53. The van der Waals surface area contributed by atoms with E-state index in [-0.39, 0.29) is 17.1 Å². The number of phenolic OH excluding ortho intramolecular Hbond substituents is 1. The van der Waals surface area contributed by atoms with Crippen LogP contribution in [0.25, 0.3) is 0 Å². The van der Waals surface area contributed by atoms with Gasteiger partial charge in [-0.05, 0) is 24.6 Å². The summed E-state index contributed by atoms with van der Waals surface area (Å²) in [5, 5.41) is 9.47. The Morgan fingerprint density at radius 3 is 2.65 bits per heavy atom. The number of Topliss-reactive ketones (excluding diaryl/α,β-unsaturated/α-hetero) is 1. The number of carbonyl (C=O) groups excluding carboxylic acids is 2. The fraction of sp³-hybridized carbons (Fsp3) is 0.333. The van der Waals surface area contributed by atoms with Crippen LogP contribution in [0.15, 0.2) is 18.2 Å². The van der Waals surface area contributed by atoms with Gasteiger partial charge in [0.05, 0.1) is 12.7 Å². The van der Waals surface area contributed by atoms with Gasteiger partial charge in [0.2, 0.25) is 0 Å². The molecule has 5 heteroatoms. The summed E-state index contributed by atoms with van der Waals surface area (Å²) in [6.45, 7) is 1.38. The summed E-state index contributed by atoms with van der Waals surface area (Å²) in [5.74, 6) is -0.676. The molecule has 0 spiro atoms. The van der Waals surface area contributed by atoms with Crippen molar-refractivity contribution in [1.29, 1.82) is 0 Å². The van der Waals surface area contributed by atoms with E-state index < -0.39 is 12.0 Å². The Balaban J connectivity index is 2.90. The van der Waals surface area contributed by atoms with Crippen LogP contribution in [-0.2, 0) is 16.0 Å². The summed E-state index contributed by atoms with van der Waals surface area (Å²) in [7, 11) is 1.30. The number of ether oxygens (including phenoxy) is 1. The molecule has 4 N–H and O–H groups in total. The Hall–Kier alpha value is -1.88. The monoisotopic (exact) mass is 238 g/mol. The van der Waals surface area contributed by atoms with E-state index >= 15 is 0 Å². The fourth-order valence-electron chi connectivity index (χ4n) is 1.53. The second-order valence-electron chi connectivity index (χ2n) is 3.83. The van der Waals surface area contributed by atoms with Gasteiger partial charge in [-0.1, -0.05) is 6.07 Å². The maximum atomic E-state index is 11.2. The maximum Gasteiger partial charge on any atom is 0.364 e. The number of ketones is 1. The Labute approximate surface area is 99.2 Å². The molecule has 0 aromatic heterocycles. The Morgan fingerprint density at radius 2 is 2.12 bits per heavy atom. The average Bonchev–Trinajstić information content (AvgIpc) is 2.30. The minimum Gasteiger partial charge on any atom is -0.507 e. The second-order valence-corrected chi connectivity index (χ2v) is 3.83. The third-order valence-electron chi connectivity index (χ3n) is 2.46. The predicted molar refractivity (Wildman–Crippen MR) is 60.5 cm³/mol. The molecule has 0 unspecified atom stereocenters. The lowest BCUT2D eigenvalue weighted by atomic mass is 10.0. The molecule has 1 atom stereocenters. The SMILES string of the molecule is COC(=O)[C@@H]([NH3+])Cc1ccc(O)c(C(C)=O)c1. The van der Waals surface area contributed by atoms with Crippen LogP contribution in [0.2, 0.25) is 0 Å². The minimum atomic E-state index is -0.524. The van der Waals surface area contributed by atoms with E-state index in [1.165, 1.54) is 20.1 Å². The number of hydrogen-bond donors (Lipinski definition) is 2. The van der Waals surface area contributed by atoms with E-state index in [0.29, 0.717) is 6.42 Å². The zero-order valence-corrected chi connectivity index (χ0v) is 9.90. The number of hydrogen-bond acceptors (Lipinski definition) is 4. The van der Waals surface area contributed by atoms with Gasteiger partial charge in [0.25, 0.3) is 0 Å². The summed E-state index contributed by atoms with van der Waals surface area (Å²) in [4.78, 5) is 22.4. The van der Waals surface area contributed by atoms with Crippen molar-refractivity contribution < 1.29 is 25.2 Å². The van der Waals surface area contributed by atoms with Gasteiger partial charge in [-0.2, -0.15) is 0 Å². The lowest BCUT2D eigenvalue weighted by Gasteiger charge is -2.08. The van der Waals surface area contributed by atoms with Crippen molar-refractivity contribution in [1.82, 2.24) is 0 Å². The first-order chi connectivity index (χ1) is 7.95. The highest BCUT2D eigenvalue weighted by Gasteiger charge is 2.19. The van der Waals surface area contributed by atoms with E-state index in [4.69, 9.17) is 0 Å². The standard InChI is InChI=1S/C12H15NO4/c1-7(14)9-5-8(3-4-11(9)15)6-10(13)12(16)17-2/h3-5,10,15H,6,13H2,1-2H3/p+1/t10-/m0/s1. The Kier molecular flexibility index (Phi) is 4.23. The molecule has 17 heavy (non-hydrogen) atoms. The molecule has 1 aromatic carbocycles. The summed E-state index contributed by atoms with van der Waals surface area (Å²) >= 11 is 0. The van der Waals surface area contributed by atoms with Crippen LogP contribution in [0.5, 0.6) is 5.75 Å². The zero-order chi connectivity index (χ0) is 13.0. The quantitative estimate of drug-likeness (QED) is 0.567. The first-order valence-corrected chi connectivity index (χ1v) is 5.19. The van der Waals surface area contributed by atoms with Crippen molar-refractivity contribution in [2.24, 2.45) is 0 Å². The van der Waals surface area contributed by atoms with Crippen LogP contribution in [0.4, 0.5) is 0 Å². The van der Waals surface area contributed by atoms with E-state index in [1.54, 1.807) is 12.1 Å². The van der Waals surface area contributed by atoms with Gasteiger partial charge in [0.1, 0.15) is 5.75 Å². The third-order valence-corrected chi connectivity index (χ3v) is 2.46. The van der Waals surface area contributed by atoms with E-state index in [0.717, 1.165) is 5.56 Å². The molecule has 0 bridgehead atoms. The summed E-state index contributed by atoms with van der Waals surface area (Å²) in [5.41, 5.74) is 4.69. The first-order valence-electron chi connectivity index (χ1n) is 5.19. The Bertz CT molecular complexity index is 442. The predicted octanol–water partition coefficient (Wildman–Crippen LogP) is -0.0792. The van der Waals surface area contributed by atoms with Gasteiger partial charge in [-0.15, -0.1) is 0 Å². The number of phenols is 1. The van der Waals surface area contributed by atoms with Crippen LogP contribution in [0, 0.1) is 0 Å². The zero-order valence-electron chi connectivity index (χ0n) is 9.90. The van der Waals surface area contributed by atoms with Gasteiger partial charge in [0, 0.05) is 6.42 Å². The number of methoxy groups -OCH3 is 1. The van der Waals surface area contributed by atoms with Gasteiger partial charge in [0.15, 0.2) is 11.8 Å². The maximum absolute atomic E-state index is 11.2. The molecule has 0 amide bonds. The number of aromatic hydroxyl groups is 1. The number of carbonyl (C=O) groups is 2. The van der Waals surface area contributed by atoms with Crippen LogP contribution >= 0.6 is 0 Å². The third kappa shape index (κ3) is 3.29. The number of benzene rings is 1. The van der Waals surface area contributed by atoms with Gasteiger partial charge in [-0.3, -0.25) is 4.79 Å². The molecule has 1 rings (SSSR count). The van der Waals surface area contributed by atoms with Crippen molar-refractivity contribution in [3.05, 3.63) is 29.3 Å². The van der Waals surface area contributed by atoms with Gasteiger partial charge in [-0.25, -0.2) is 4.79 Å². The van der Waals surface area contributed by atoms with Crippen LogP contribution in [0.1, 0.15) is 22.8 Å². The molecule has 0 saturated heterocycles. The highest BCUT2D eigenvalue weighted by atomic mass is 16.5. The van der Waals surface area contributed by atoms with Gasteiger partial charge >= 0.3 is 5.97 Å². The Morgan fingerprint density at radius 1 is 1.47 bits per heavy atom. The number of esters is 1. The van der Waals surface area contributed by atoms with E-state index in [2.05, 4.69) is 10.5 Å². The van der Waals surface area contributed by atoms with Crippen molar-refractivity contribution in [2.45, 2.75) is 19.4 Å². The minimum absolute atomic E-state index is 0.0556. The van der Waals surface area contributed by atoms with Crippen LogP contribution < -0.4 is 5.73 Å². The molecule has 92 valence electrons.